The van der Waals surface area contributed by atoms with Crippen molar-refractivity contribution in [2.24, 2.45) is 0 Å². The van der Waals surface area contributed by atoms with Crippen LogP contribution >= 0.6 is 0 Å². The molecule has 100 valence electrons. The number of nitrogens with zero attached hydrogens (tertiary/aromatic N) is 3. The van der Waals surface area contributed by atoms with E-state index in [4.69, 9.17) is 10.5 Å². The highest BCUT2D eigenvalue weighted by atomic mass is 16.6. The number of ether oxygens (including phenoxy) is 1. The normalized spacial score (nSPS) is 10.2. The van der Waals surface area contributed by atoms with Crippen molar-refractivity contribution < 1.29 is 9.53 Å². The van der Waals surface area contributed by atoms with E-state index < -0.39 is 6.09 Å². The quantitative estimate of drug-likeness (QED) is 0.860. The third-order valence-corrected chi connectivity index (χ3v) is 2.45. The van der Waals surface area contributed by atoms with Crippen LogP contribution < -0.4 is 5.73 Å². The molecule has 0 aliphatic rings. The van der Waals surface area contributed by atoms with Gasteiger partial charge >= 0.3 is 6.09 Å². The van der Waals surface area contributed by atoms with Crippen LogP contribution in [0.1, 0.15) is 11.4 Å². The standard InChI is InChI=1S/C12H15N5O2/c1-17(7-10-14-11(13)16-15-10)12(18)19-8-9-5-3-2-4-6-9/h2-6H,7-8H2,1H3,(H3,13,14,15,16). The number of rotatable bonds is 4. The summed E-state index contributed by atoms with van der Waals surface area (Å²) in [5, 5.41) is 6.31. The number of aromatic nitrogens is 3. The molecule has 0 fully saturated rings. The van der Waals surface area contributed by atoms with Gasteiger partial charge in [0.2, 0.25) is 5.95 Å². The first-order valence-corrected chi connectivity index (χ1v) is 5.73. The zero-order valence-corrected chi connectivity index (χ0v) is 10.5. The lowest BCUT2D eigenvalue weighted by atomic mass is 10.2. The predicted octanol–water partition coefficient (Wildman–Crippen LogP) is 1.16. The summed E-state index contributed by atoms with van der Waals surface area (Å²) in [4.78, 5) is 17.0. The molecule has 19 heavy (non-hydrogen) atoms. The van der Waals surface area contributed by atoms with Gasteiger partial charge in [-0.3, -0.25) is 5.10 Å². The van der Waals surface area contributed by atoms with Crippen LogP contribution in [-0.2, 0) is 17.9 Å². The highest BCUT2D eigenvalue weighted by Crippen LogP contribution is 2.04. The molecule has 3 N–H and O–H groups in total. The summed E-state index contributed by atoms with van der Waals surface area (Å²) in [5.41, 5.74) is 6.32. The Morgan fingerprint density at radius 2 is 2.16 bits per heavy atom. The van der Waals surface area contributed by atoms with Gasteiger partial charge in [0.1, 0.15) is 12.4 Å². The number of carbonyl (C=O) groups excluding carboxylic acids is 1. The molecule has 1 aromatic heterocycles. The fourth-order valence-electron chi connectivity index (χ4n) is 1.50. The van der Waals surface area contributed by atoms with Crippen molar-refractivity contribution in [3.05, 3.63) is 41.7 Å². The van der Waals surface area contributed by atoms with Gasteiger partial charge in [-0.15, -0.1) is 5.10 Å². The summed E-state index contributed by atoms with van der Waals surface area (Å²) < 4.78 is 5.16. The SMILES string of the molecule is CN(Cc1nc(N)n[nH]1)C(=O)OCc1ccccc1. The molecular formula is C12H15N5O2. The Balaban J connectivity index is 1.82. The highest BCUT2D eigenvalue weighted by Gasteiger charge is 2.12. The number of hydrogen-bond donors (Lipinski definition) is 2. The van der Waals surface area contributed by atoms with Gasteiger partial charge < -0.3 is 15.4 Å². The van der Waals surface area contributed by atoms with Gasteiger partial charge in [0.25, 0.3) is 0 Å². The molecule has 0 saturated heterocycles. The molecule has 0 spiro atoms. The number of amides is 1. The van der Waals surface area contributed by atoms with Crippen molar-refractivity contribution in [1.29, 1.82) is 0 Å². The Labute approximate surface area is 110 Å². The average molecular weight is 261 g/mol. The Morgan fingerprint density at radius 3 is 2.79 bits per heavy atom. The second-order valence-electron chi connectivity index (χ2n) is 4.04. The smallest absolute Gasteiger partial charge is 0.410 e. The molecule has 0 bridgehead atoms. The molecule has 0 atom stereocenters. The molecule has 2 aromatic rings. The lowest BCUT2D eigenvalue weighted by Crippen LogP contribution is -2.27. The summed E-state index contributed by atoms with van der Waals surface area (Å²) in [5.74, 6) is 0.665. The summed E-state index contributed by atoms with van der Waals surface area (Å²) >= 11 is 0. The number of nitrogen functional groups attached to an aromatic ring is 1. The number of anilines is 1. The summed E-state index contributed by atoms with van der Waals surface area (Å²) in [6.07, 6.45) is -0.432. The van der Waals surface area contributed by atoms with Crippen molar-refractivity contribution in [2.75, 3.05) is 12.8 Å². The molecule has 1 heterocycles. The summed E-state index contributed by atoms with van der Waals surface area (Å²) in [6.45, 7) is 0.500. The molecule has 7 heteroatoms. The Morgan fingerprint density at radius 1 is 1.42 bits per heavy atom. The first-order chi connectivity index (χ1) is 9.15. The topological polar surface area (TPSA) is 97.1 Å². The second kappa shape index (κ2) is 5.85. The van der Waals surface area contributed by atoms with E-state index in [9.17, 15) is 4.79 Å². The minimum absolute atomic E-state index is 0.154. The van der Waals surface area contributed by atoms with Crippen LogP contribution in [0.15, 0.2) is 30.3 Å². The minimum atomic E-state index is -0.432. The van der Waals surface area contributed by atoms with Crippen LogP contribution in [0, 0.1) is 0 Å². The Bertz CT molecular complexity index is 540. The monoisotopic (exact) mass is 261 g/mol. The third kappa shape index (κ3) is 3.70. The molecule has 2 rings (SSSR count). The van der Waals surface area contributed by atoms with Gasteiger partial charge in [-0.05, 0) is 5.56 Å². The van der Waals surface area contributed by atoms with E-state index in [2.05, 4.69) is 15.2 Å². The lowest BCUT2D eigenvalue weighted by Gasteiger charge is -2.15. The summed E-state index contributed by atoms with van der Waals surface area (Å²) in [6, 6.07) is 9.48. The Hall–Kier alpha value is -2.57. The molecule has 0 unspecified atom stereocenters. The van der Waals surface area contributed by atoms with E-state index in [1.54, 1.807) is 7.05 Å². The van der Waals surface area contributed by atoms with Crippen molar-refractivity contribution in [2.45, 2.75) is 13.2 Å². The van der Waals surface area contributed by atoms with Gasteiger partial charge in [0, 0.05) is 7.05 Å². The first-order valence-electron chi connectivity index (χ1n) is 5.73. The maximum atomic E-state index is 11.7. The van der Waals surface area contributed by atoms with E-state index in [0.29, 0.717) is 5.82 Å². The van der Waals surface area contributed by atoms with E-state index in [-0.39, 0.29) is 19.1 Å². The van der Waals surface area contributed by atoms with Crippen molar-refractivity contribution >= 4 is 12.0 Å². The zero-order valence-electron chi connectivity index (χ0n) is 10.5. The number of nitrogens with two attached hydrogens (primary N) is 1. The average Bonchev–Trinajstić information content (AvgIpc) is 2.82. The van der Waals surface area contributed by atoms with E-state index in [0.717, 1.165) is 5.56 Å². The largest absolute Gasteiger partial charge is 0.445 e. The number of carbonyl (C=O) groups is 1. The number of H-pyrrole nitrogens is 1. The number of benzene rings is 1. The van der Waals surface area contributed by atoms with Crippen molar-refractivity contribution in [3.8, 4) is 0 Å². The van der Waals surface area contributed by atoms with Crippen LogP contribution in [0.5, 0.6) is 0 Å². The fraction of sp³-hybridized carbons (Fsp3) is 0.250. The van der Waals surface area contributed by atoms with Crippen LogP contribution in [0.4, 0.5) is 10.7 Å². The van der Waals surface area contributed by atoms with E-state index >= 15 is 0 Å². The number of aromatic amines is 1. The molecule has 0 radical (unpaired) electrons. The number of nitrogens with one attached hydrogen (secondary N) is 1. The van der Waals surface area contributed by atoms with Crippen molar-refractivity contribution in [3.63, 3.8) is 0 Å². The van der Waals surface area contributed by atoms with E-state index in [1.165, 1.54) is 4.90 Å². The number of hydrogen-bond acceptors (Lipinski definition) is 5. The highest BCUT2D eigenvalue weighted by molar-refractivity contribution is 5.67. The zero-order chi connectivity index (χ0) is 13.7. The van der Waals surface area contributed by atoms with Crippen molar-refractivity contribution in [1.82, 2.24) is 20.1 Å². The minimum Gasteiger partial charge on any atom is -0.445 e. The van der Waals surface area contributed by atoms with Crippen LogP contribution in [-0.4, -0.2) is 33.2 Å². The summed E-state index contributed by atoms with van der Waals surface area (Å²) in [7, 11) is 1.62. The molecule has 1 aromatic carbocycles. The molecule has 7 nitrogen and oxygen atoms in total. The van der Waals surface area contributed by atoms with Crippen LogP contribution in [0.3, 0.4) is 0 Å². The second-order valence-corrected chi connectivity index (χ2v) is 4.04. The van der Waals surface area contributed by atoms with Gasteiger partial charge in [-0.25, -0.2) is 4.79 Å². The van der Waals surface area contributed by atoms with Gasteiger partial charge in [0.15, 0.2) is 0 Å². The Kier molecular flexibility index (Phi) is 3.97. The van der Waals surface area contributed by atoms with Gasteiger partial charge in [0.05, 0.1) is 6.54 Å². The molecular weight excluding hydrogens is 246 g/mol. The molecule has 0 saturated carbocycles. The van der Waals surface area contributed by atoms with Gasteiger partial charge in [-0.1, -0.05) is 30.3 Å². The maximum Gasteiger partial charge on any atom is 0.410 e. The lowest BCUT2D eigenvalue weighted by molar-refractivity contribution is 0.102. The van der Waals surface area contributed by atoms with E-state index in [1.807, 2.05) is 30.3 Å². The van der Waals surface area contributed by atoms with Gasteiger partial charge in [-0.2, -0.15) is 4.98 Å². The van der Waals surface area contributed by atoms with Crippen LogP contribution in [0.25, 0.3) is 0 Å². The molecule has 0 aliphatic carbocycles. The molecule has 0 aliphatic heterocycles. The fourth-order valence-corrected chi connectivity index (χ4v) is 1.50. The molecule has 1 amide bonds. The first kappa shape index (κ1) is 12.9. The predicted molar refractivity (Wildman–Crippen MR) is 68.9 cm³/mol. The van der Waals surface area contributed by atoms with Crippen LogP contribution in [0.2, 0.25) is 0 Å². The maximum absolute atomic E-state index is 11.7. The third-order valence-electron chi connectivity index (χ3n) is 2.45.